The minimum absolute atomic E-state index is 0.0145. The van der Waals surface area contributed by atoms with Crippen LogP contribution in [0.3, 0.4) is 0 Å². The average molecular weight is 461 g/mol. The summed E-state index contributed by atoms with van der Waals surface area (Å²) in [6.07, 6.45) is 4.73. The highest BCUT2D eigenvalue weighted by atomic mass is 35.5. The Morgan fingerprint density at radius 3 is 2.20 bits per heavy atom. The number of amides is 2. The maximum atomic E-state index is 13.0. The van der Waals surface area contributed by atoms with Crippen LogP contribution < -0.4 is 10.6 Å². The van der Waals surface area contributed by atoms with Gasteiger partial charge in [0.1, 0.15) is 0 Å². The predicted octanol–water partition coefficient (Wildman–Crippen LogP) is 3.48. The lowest BCUT2D eigenvalue weighted by atomic mass is 9.86. The first-order valence-electron chi connectivity index (χ1n) is 10.7. The first-order valence-corrected chi connectivity index (χ1v) is 11.6. The van der Waals surface area contributed by atoms with E-state index in [0.717, 1.165) is 19.3 Å². The molecule has 0 aromatic carbocycles. The molecule has 0 heterocycles. The number of Topliss-reactive ketones (excluding diaryl/α,β-unsaturated/α-hetero) is 1. The molecule has 0 aliphatic heterocycles. The summed E-state index contributed by atoms with van der Waals surface area (Å²) in [4.78, 5) is 37.5. The fourth-order valence-electron chi connectivity index (χ4n) is 3.92. The Balaban J connectivity index is 2.00. The molecular formula is C22H34Cl2N2O4. The van der Waals surface area contributed by atoms with E-state index in [1.807, 2.05) is 0 Å². The Labute approximate surface area is 189 Å². The van der Waals surface area contributed by atoms with Crippen molar-refractivity contribution in [1.29, 1.82) is 0 Å². The molecular weight excluding hydrogens is 427 g/mol. The molecule has 170 valence electrons. The molecule has 0 saturated heterocycles. The van der Waals surface area contributed by atoms with Gasteiger partial charge in [-0.05, 0) is 51.0 Å². The molecule has 0 radical (unpaired) electrons. The van der Waals surface area contributed by atoms with Gasteiger partial charge in [0.2, 0.25) is 5.91 Å². The van der Waals surface area contributed by atoms with E-state index in [4.69, 9.17) is 27.9 Å². The smallest absolute Gasteiger partial charge is 0.257 e. The van der Waals surface area contributed by atoms with Crippen molar-refractivity contribution >= 4 is 40.8 Å². The van der Waals surface area contributed by atoms with E-state index in [-0.39, 0.29) is 40.6 Å². The Hall–Kier alpha value is -1.11. The van der Waals surface area contributed by atoms with Gasteiger partial charge in [-0.15, -0.1) is 23.2 Å². The van der Waals surface area contributed by atoms with Gasteiger partial charge < -0.3 is 15.4 Å². The van der Waals surface area contributed by atoms with Crippen LogP contribution in [0.5, 0.6) is 0 Å². The van der Waals surface area contributed by atoms with Crippen molar-refractivity contribution < 1.29 is 19.1 Å². The van der Waals surface area contributed by atoms with Gasteiger partial charge in [0.15, 0.2) is 11.9 Å². The van der Waals surface area contributed by atoms with Crippen molar-refractivity contribution in [1.82, 2.24) is 10.6 Å². The Morgan fingerprint density at radius 2 is 1.67 bits per heavy atom. The third-order valence-electron chi connectivity index (χ3n) is 5.79. The van der Waals surface area contributed by atoms with Crippen LogP contribution in [0.25, 0.3) is 0 Å². The van der Waals surface area contributed by atoms with E-state index in [0.29, 0.717) is 25.7 Å². The zero-order valence-corrected chi connectivity index (χ0v) is 19.6. The summed E-state index contributed by atoms with van der Waals surface area (Å²) in [5.41, 5.74) is -0.717. The van der Waals surface area contributed by atoms with Gasteiger partial charge in [0, 0.05) is 22.9 Å². The van der Waals surface area contributed by atoms with Crippen LogP contribution in [-0.4, -0.2) is 52.6 Å². The van der Waals surface area contributed by atoms with Gasteiger partial charge in [0.05, 0.1) is 11.5 Å². The van der Waals surface area contributed by atoms with E-state index in [9.17, 15) is 14.4 Å². The summed E-state index contributed by atoms with van der Waals surface area (Å²) in [5.74, 6) is -0.873. The summed E-state index contributed by atoms with van der Waals surface area (Å²) in [6, 6.07) is -0.165. The average Bonchev–Trinajstić information content (AvgIpc) is 2.68. The topological polar surface area (TPSA) is 84.5 Å². The Morgan fingerprint density at radius 1 is 1.03 bits per heavy atom. The molecule has 4 atom stereocenters. The maximum absolute atomic E-state index is 13.0. The molecule has 0 aromatic heterocycles. The van der Waals surface area contributed by atoms with Crippen LogP contribution in [0.4, 0.5) is 0 Å². The van der Waals surface area contributed by atoms with Crippen molar-refractivity contribution in [2.45, 2.75) is 101 Å². The van der Waals surface area contributed by atoms with Crippen molar-refractivity contribution in [2.24, 2.45) is 5.41 Å². The Bertz CT molecular complexity index is 642. The molecule has 2 amide bonds. The molecule has 2 N–H and O–H groups in total. The van der Waals surface area contributed by atoms with E-state index in [1.54, 1.807) is 20.8 Å². The second-order valence-corrected chi connectivity index (χ2v) is 10.5. The van der Waals surface area contributed by atoms with Gasteiger partial charge in [-0.3, -0.25) is 14.4 Å². The first kappa shape index (κ1) is 25.2. The number of ketones is 1. The van der Waals surface area contributed by atoms with E-state index in [1.165, 1.54) is 6.08 Å². The van der Waals surface area contributed by atoms with Crippen molar-refractivity contribution in [3.05, 3.63) is 12.7 Å². The van der Waals surface area contributed by atoms with Crippen LogP contribution in [-0.2, 0) is 19.1 Å². The Kier molecular flexibility index (Phi) is 9.19. The van der Waals surface area contributed by atoms with Crippen molar-refractivity contribution in [3.8, 4) is 0 Å². The monoisotopic (exact) mass is 460 g/mol. The highest BCUT2D eigenvalue weighted by molar-refractivity contribution is 6.24. The zero-order chi connectivity index (χ0) is 22.5. The number of rotatable bonds is 7. The molecule has 2 fully saturated rings. The predicted molar refractivity (Wildman–Crippen MR) is 119 cm³/mol. The standard InChI is InChI=1S/C22H34Cl2N2O4/c1-5-18(27)25-14-7-9-15(10-8-14)30-19(20(28)22(2,3)4)21(29)26-17-11-6-13(23)12-16(17)24/h5,13-17,19H,1,6-12H2,2-4H3,(H,25,27)(H,26,29). The molecule has 0 spiro atoms. The van der Waals surface area contributed by atoms with Crippen molar-refractivity contribution in [3.63, 3.8) is 0 Å². The number of nitrogens with one attached hydrogen (secondary N) is 2. The number of carbonyl (C=O) groups excluding carboxylic acids is 3. The zero-order valence-electron chi connectivity index (χ0n) is 18.1. The SMILES string of the molecule is C=CC(=O)NC1CCC(OC(C(=O)NC2CCC(Cl)CC2Cl)C(=O)C(C)(C)C)CC1. The molecule has 2 aliphatic rings. The fourth-order valence-corrected chi connectivity index (χ4v) is 4.73. The van der Waals surface area contributed by atoms with Crippen molar-refractivity contribution in [2.75, 3.05) is 0 Å². The number of ether oxygens (including phenoxy) is 1. The van der Waals surface area contributed by atoms with Crippen LogP contribution in [0.1, 0.15) is 65.7 Å². The van der Waals surface area contributed by atoms with Crippen LogP contribution in [0.15, 0.2) is 12.7 Å². The maximum Gasteiger partial charge on any atom is 0.257 e. The molecule has 8 heteroatoms. The molecule has 6 nitrogen and oxygen atoms in total. The lowest BCUT2D eigenvalue weighted by Gasteiger charge is -2.35. The van der Waals surface area contributed by atoms with E-state index >= 15 is 0 Å². The summed E-state index contributed by atoms with van der Waals surface area (Å²) in [6.45, 7) is 8.81. The van der Waals surface area contributed by atoms with Crippen LogP contribution in [0, 0.1) is 5.41 Å². The summed E-state index contributed by atoms with van der Waals surface area (Å²) >= 11 is 12.6. The molecule has 2 aliphatic carbocycles. The van der Waals surface area contributed by atoms with Gasteiger partial charge in [-0.2, -0.15) is 0 Å². The highest BCUT2D eigenvalue weighted by Crippen LogP contribution is 2.29. The minimum Gasteiger partial charge on any atom is -0.357 e. The lowest BCUT2D eigenvalue weighted by Crippen LogP contribution is -2.53. The van der Waals surface area contributed by atoms with Gasteiger partial charge in [-0.25, -0.2) is 0 Å². The minimum atomic E-state index is -1.17. The van der Waals surface area contributed by atoms with Gasteiger partial charge in [0.25, 0.3) is 5.91 Å². The second-order valence-electron chi connectivity index (χ2n) is 9.36. The summed E-state index contributed by atoms with van der Waals surface area (Å²) in [7, 11) is 0. The first-order chi connectivity index (χ1) is 14.0. The number of halogens is 2. The normalized spacial score (nSPS) is 30.8. The molecule has 30 heavy (non-hydrogen) atoms. The van der Waals surface area contributed by atoms with Crippen LogP contribution in [0.2, 0.25) is 0 Å². The fraction of sp³-hybridized carbons (Fsp3) is 0.773. The number of alkyl halides is 2. The second kappa shape index (κ2) is 11.0. The van der Waals surface area contributed by atoms with Gasteiger partial charge >= 0.3 is 0 Å². The number of carbonyl (C=O) groups is 3. The molecule has 4 unspecified atom stereocenters. The third-order valence-corrected chi connectivity index (χ3v) is 6.66. The highest BCUT2D eigenvalue weighted by Gasteiger charge is 2.40. The number of hydrogen-bond acceptors (Lipinski definition) is 4. The lowest BCUT2D eigenvalue weighted by molar-refractivity contribution is -0.155. The van der Waals surface area contributed by atoms with E-state index < -0.39 is 17.4 Å². The summed E-state index contributed by atoms with van der Waals surface area (Å²) in [5, 5.41) is 5.57. The molecule has 0 bridgehead atoms. The molecule has 2 rings (SSSR count). The summed E-state index contributed by atoms with van der Waals surface area (Å²) < 4.78 is 6.06. The third kappa shape index (κ3) is 7.24. The van der Waals surface area contributed by atoms with Gasteiger partial charge in [-0.1, -0.05) is 27.4 Å². The molecule has 2 saturated carbocycles. The largest absolute Gasteiger partial charge is 0.357 e. The van der Waals surface area contributed by atoms with Crippen LogP contribution >= 0.6 is 23.2 Å². The number of hydrogen-bond donors (Lipinski definition) is 2. The van der Waals surface area contributed by atoms with E-state index in [2.05, 4.69) is 17.2 Å². The molecule has 0 aromatic rings. The quantitative estimate of drug-likeness (QED) is 0.346.